The summed E-state index contributed by atoms with van der Waals surface area (Å²) >= 11 is 0. The number of nitrogens with zero attached hydrogens (tertiary/aromatic N) is 2. The number of aromatic nitrogens is 1. The van der Waals surface area contributed by atoms with Crippen molar-refractivity contribution in [1.82, 2.24) is 9.88 Å². The van der Waals surface area contributed by atoms with Gasteiger partial charge in [-0.15, -0.1) is 0 Å². The highest BCUT2D eigenvalue weighted by Gasteiger charge is 2.18. The van der Waals surface area contributed by atoms with Crippen molar-refractivity contribution in [1.29, 1.82) is 0 Å². The van der Waals surface area contributed by atoms with Gasteiger partial charge >= 0.3 is 0 Å². The standard InChI is InChI=1S/C10H14N4O2/c11-13-9-2-1-8(5-12-9)6-14-3-4-16-7-10(14)15/h1-2,5H,3-4,6-7,11H2,(H,12,13). The van der Waals surface area contributed by atoms with Gasteiger partial charge in [-0.05, 0) is 11.6 Å². The number of nitrogen functional groups attached to an aromatic ring is 1. The van der Waals surface area contributed by atoms with Crippen LogP contribution in [0.2, 0.25) is 0 Å². The second-order valence-corrected chi connectivity index (χ2v) is 3.56. The van der Waals surface area contributed by atoms with Gasteiger partial charge in [0.25, 0.3) is 0 Å². The third-order valence-electron chi connectivity index (χ3n) is 2.43. The number of pyridine rings is 1. The van der Waals surface area contributed by atoms with E-state index in [1.165, 1.54) is 0 Å². The number of morpholine rings is 1. The van der Waals surface area contributed by atoms with Gasteiger partial charge in [-0.1, -0.05) is 6.07 Å². The van der Waals surface area contributed by atoms with E-state index in [2.05, 4.69) is 10.4 Å². The maximum Gasteiger partial charge on any atom is 0.248 e. The van der Waals surface area contributed by atoms with Gasteiger partial charge in [0.1, 0.15) is 12.4 Å². The lowest BCUT2D eigenvalue weighted by molar-refractivity contribution is -0.143. The summed E-state index contributed by atoms with van der Waals surface area (Å²) in [7, 11) is 0. The molecule has 1 amide bonds. The van der Waals surface area contributed by atoms with E-state index in [4.69, 9.17) is 10.6 Å². The van der Waals surface area contributed by atoms with Crippen molar-refractivity contribution in [2.45, 2.75) is 6.54 Å². The fourth-order valence-corrected chi connectivity index (χ4v) is 1.54. The Morgan fingerprint density at radius 1 is 1.56 bits per heavy atom. The second kappa shape index (κ2) is 4.91. The molecule has 1 saturated heterocycles. The molecule has 2 rings (SSSR count). The van der Waals surface area contributed by atoms with Crippen LogP contribution in [-0.2, 0) is 16.1 Å². The van der Waals surface area contributed by atoms with E-state index in [0.717, 1.165) is 5.56 Å². The average molecular weight is 222 g/mol. The van der Waals surface area contributed by atoms with Crippen LogP contribution in [0.15, 0.2) is 18.3 Å². The van der Waals surface area contributed by atoms with Gasteiger partial charge in [-0.25, -0.2) is 10.8 Å². The minimum atomic E-state index is 0.0206. The summed E-state index contributed by atoms with van der Waals surface area (Å²) < 4.78 is 5.05. The fraction of sp³-hybridized carbons (Fsp3) is 0.400. The number of amides is 1. The third-order valence-corrected chi connectivity index (χ3v) is 2.43. The van der Waals surface area contributed by atoms with E-state index in [1.807, 2.05) is 6.07 Å². The molecule has 1 aliphatic rings. The lowest BCUT2D eigenvalue weighted by Crippen LogP contribution is -2.40. The van der Waals surface area contributed by atoms with Gasteiger partial charge in [0.2, 0.25) is 5.91 Å². The summed E-state index contributed by atoms with van der Waals surface area (Å²) in [5, 5.41) is 0. The Morgan fingerprint density at radius 2 is 2.44 bits per heavy atom. The van der Waals surface area contributed by atoms with Gasteiger partial charge in [0, 0.05) is 19.3 Å². The molecule has 1 aromatic heterocycles. The summed E-state index contributed by atoms with van der Waals surface area (Å²) in [5.41, 5.74) is 3.44. The molecule has 1 aromatic rings. The topological polar surface area (TPSA) is 80.5 Å². The fourth-order valence-electron chi connectivity index (χ4n) is 1.54. The van der Waals surface area contributed by atoms with E-state index in [9.17, 15) is 4.79 Å². The number of nitrogens with one attached hydrogen (secondary N) is 1. The second-order valence-electron chi connectivity index (χ2n) is 3.56. The van der Waals surface area contributed by atoms with Crippen molar-refractivity contribution in [3.05, 3.63) is 23.9 Å². The number of hydrogen-bond acceptors (Lipinski definition) is 5. The maximum absolute atomic E-state index is 11.5. The van der Waals surface area contributed by atoms with Crippen LogP contribution in [0.5, 0.6) is 0 Å². The molecule has 16 heavy (non-hydrogen) atoms. The van der Waals surface area contributed by atoms with E-state index >= 15 is 0 Å². The van der Waals surface area contributed by atoms with Gasteiger partial charge in [0.05, 0.1) is 6.61 Å². The van der Waals surface area contributed by atoms with Crippen molar-refractivity contribution >= 4 is 11.7 Å². The van der Waals surface area contributed by atoms with Gasteiger partial charge in [-0.2, -0.15) is 0 Å². The SMILES string of the molecule is NNc1ccc(CN2CCOCC2=O)cn1. The van der Waals surface area contributed by atoms with Crippen LogP contribution >= 0.6 is 0 Å². The highest BCUT2D eigenvalue weighted by molar-refractivity contribution is 5.77. The summed E-state index contributed by atoms with van der Waals surface area (Å²) in [4.78, 5) is 17.3. The molecule has 0 unspecified atom stereocenters. The normalized spacial score (nSPS) is 16.3. The lowest BCUT2D eigenvalue weighted by Gasteiger charge is -2.26. The predicted molar refractivity (Wildman–Crippen MR) is 58.3 cm³/mol. The van der Waals surface area contributed by atoms with Crippen molar-refractivity contribution in [3.63, 3.8) is 0 Å². The number of hydrazine groups is 1. The minimum Gasteiger partial charge on any atom is -0.370 e. The molecule has 0 atom stereocenters. The summed E-state index contributed by atoms with van der Waals surface area (Å²) in [5.74, 6) is 5.84. The molecule has 1 aliphatic heterocycles. The zero-order valence-corrected chi connectivity index (χ0v) is 8.85. The molecule has 0 aromatic carbocycles. The third kappa shape index (κ3) is 2.47. The van der Waals surface area contributed by atoms with Crippen LogP contribution in [0.4, 0.5) is 5.82 Å². The molecule has 6 heteroatoms. The lowest BCUT2D eigenvalue weighted by atomic mass is 10.2. The molecule has 0 spiro atoms. The molecule has 0 aliphatic carbocycles. The number of ether oxygens (including phenoxy) is 1. The van der Waals surface area contributed by atoms with E-state index in [1.54, 1.807) is 17.2 Å². The quantitative estimate of drug-likeness (QED) is 0.543. The zero-order valence-electron chi connectivity index (χ0n) is 8.85. The van der Waals surface area contributed by atoms with Crippen molar-refractivity contribution in [2.24, 2.45) is 5.84 Å². The predicted octanol–water partition coefficient (Wildman–Crippen LogP) is -0.274. The first-order chi connectivity index (χ1) is 7.79. The van der Waals surface area contributed by atoms with Gasteiger partial charge in [-0.3, -0.25) is 4.79 Å². The Morgan fingerprint density at radius 3 is 3.06 bits per heavy atom. The first kappa shape index (κ1) is 10.8. The van der Waals surface area contributed by atoms with Crippen LogP contribution in [0.1, 0.15) is 5.56 Å². The number of carbonyl (C=O) groups is 1. The first-order valence-corrected chi connectivity index (χ1v) is 5.06. The first-order valence-electron chi connectivity index (χ1n) is 5.06. The van der Waals surface area contributed by atoms with E-state index in [-0.39, 0.29) is 12.5 Å². The summed E-state index contributed by atoms with van der Waals surface area (Å²) in [6.07, 6.45) is 1.71. The average Bonchev–Trinajstić information content (AvgIpc) is 2.33. The summed E-state index contributed by atoms with van der Waals surface area (Å²) in [6, 6.07) is 3.67. The molecule has 6 nitrogen and oxygen atoms in total. The van der Waals surface area contributed by atoms with Crippen LogP contribution in [0, 0.1) is 0 Å². The molecule has 1 fully saturated rings. The Hall–Kier alpha value is -1.66. The Kier molecular flexibility index (Phi) is 3.33. The molecule has 0 radical (unpaired) electrons. The highest BCUT2D eigenvalue weighted by atomic mass is 16.5. The molecular weight excluding hydrogens is 208 g/mol. The monoisotopic (exact) mass is 222 g/mol. The van der Waals surface area contributed by atoms with Crippen molar-refractivity contribution < 1.29 is 9.53 Å². The number of hydrogen-bond donors (Lipinski definition) is 2. The van der Waals surface area contributed by atoms with E-state index in [0.29, 0.717) is 25.5 Å². The minimum absolute atomic E-state index is 0.0206. The largest absolute Gasteiger partial charge is 0.370 e. The number of anilines is 1. The van der Waals surface area contributed by atoms with Gasteiger partial charge < -0.3 is 15.1 Å². The van der Waals surface area contributed by atoms with Gasteiger partial charge in [0.15, 0.2) is 0 Å². The maximum atomic E-state index is 11.5. The number of rotatable bonds is 3. The summed E-state index contributed by atoms with van der Waals surface area (Å²) in [6.45, 7) is 1.98. The van der Waals surface area contributed by atoms with Crippen LogP contribution < -0.4 is 11.3 Å². The van der Waals surface area contributed by atoms with Crippen LogP contribution in [0.25, 0.3) is 0 Å². The number of carbonyl (C=O) groups excluding carboxylic acids is 1. The number of nitrogens with two attached hydrogens (primary N) is 1. The molecule has 0 bridgehead atoms. The smallest absolute Gasteiger partial charge is 0.248 e. The molecule has 3 N–H and O–H groups in total. The highest BCUT2D eigenvalue weighted by Crippen LogP contribution is 2.09. The van der Waals surface area contributed by atoms with Crippen LogP contribution in [0.3, 0.4) is 0 Å². The Labute approximate surface area is 93.4 Å². The van der Waals surface area contributed by atoms with E-state index < -0.39 is 0 Å². The Bertz CT molecular complexity index is 366. The molecule has 2 heterocycles. The molecule has 86 valence electrons. The Balaban J connectivity index is 1.99. The van der Waals surface area contributed by atoms with Crippen molar-refractivity contribution in [2.75, 3.05) is 25.2 Å². The van der Waals surface area contributed by atoms with Crippen LogP contribution in [-0.4, -0.2) is 35.5 Å². The molecular formula is C10H14N4O2. The van der Waals surface area contributed by atoms with Crippen molar-refractivity contribution in [3.8, 4) is 0 Å². The molecule has 0 saturated carbocycles. The zero-order chi connectivity index (χ0) is 11.4.